The number of aromatic nitrogens is 3. The third-order valence-corrected chi connectivity index (χ3v) is 4.97. The number of amidine groups is 1. The van der Waals surface area contributed by atoms with Crippen molar-refractivity contribution in [2.45, 2.75) is 6.42 Å². The number of piperazine rings is 1. The van der Waals surface area contributed by atoms with Crippen LogP contribution in [0.5, 0.6) is 0 Å². The lowest BCUT2D eigenvalue weighted by Gasteiger charge is -2.37. The number of nitrogens with zero attached hydrogens (tertiary/aromatic N) is 6. The zero-order valence-corrected chi connectivity index (χ0v) is 14.3. The minimum atomic E-state index is -0.337. The Balaban J connectivity index is 1.54. The number of aliphatic imine (C=N–C) groups is 1. The maximum atomic E-state index is 12.3. The Bertz CT molecular complexity index is 952. The van der Waals surface area contributed by atoms with Gasteiger partial charge in [0.1, 0.15) is 11.7 Å². The summed E-state index contributed by atoms with van der Waals surface area (Å²) >= 11 is 0. The van der Waals surface area contributed by atoms with Gasteiger partial charge in [-0.3, -0.25) is 18.9 Å². The SMILES string of the molecule is Cn1c2c(c(=O)n(C)c1=O)CC(N1CCN(c3ccncc3)CC1)=N2. The summed E-state index contributed by atoms with van der Waals surface area (Å²) in [5.74, 6) is 1.38. The van der Waals surface area contributed by atoms with Crippen LogP contribution in [0, 0.1) is 0 Å². The van der Waals surface area contributed by atoms with Crippen LogP contribution >= 0.6 is 0 Å². The molecule has 130 valence electrons. The molecule has 1 fully saturated rings. The molecule has 4 heterocycles. The fourth-order valence-electron chi connectivity index (χ4n) is 3.48. The zero-order valence-electron chi connectivity index (χ0n) is 14.3. The quantitative estimate of drug-likeness (QED) is 0.724. The van der Waals surface area contributed by atoms with E-state index in [2.05, 4.69) is 19.8 Å². The first-order chi connectivity index (χ1) is 12.1. The number of pyridine rings is 1. The Hall–Kier alpha value is -2.90. The Kier molecular flexibility index (Phi) is 3.67. The van der Waals surface area contributed by atoms with E-state index in [1.165, 1.54) is 17.3 Å². The van der Waals surface area contributed by atoms with E-state index < -0.39 is 0 Å². The van der Waals surface area contributed by atoms with Gasteiger partial charge in [0.05, 0.1) is 5.56 Å². The van der Waals surface area contributed by atoms with E-state index in [1.54, 1.807) is 19.4 Å². The number of fused-ring (bicyclic) bond motifs is 1. The van der Waals surface area contributed by atoms with Gasteiger partial charge >= 0.3 is 5.69 Å². The van der Waals surface area contributed by atoms with Crippen molar-refractivity contribution in [3.05, 3.63) is 50.9 Å². The first kappa shape index (κ1) is 15.6. The van der Waals surface area contributed by atoms with Crippen molar-refractivity contribution in [2.75, 3.05) is 31.1 Å². The second-order valence-electron chi connectivity index (χ2n) is 6.39. The number of hydrogen-bond donors (Lipinski definition) is 0. The molecule has 4 rings (SSSR count). The molecular weight excluding hydrogens is 320 g/mol. The summed E-state index contributed by atoms with van der Waals surface area (Å²) in [6, 6.07) is 4.02. The molecule has 8 nitrogen and oxygen atoms in total. The summed E-state index contributed by atoms with van der Waals surface area (Å²) in [5, 5.41) is 0. The molecular formula is C17H20N6O2. The summed E-state index contributed by atoms with van der Waals surface area (Å²) in [6.45, 7) is 3.44. The summed E-state index contributed by atoms with van der Waals surface area (Å²) in [7, 11) is 3.17. The van der Waals surface area contributed by atoms with Crippen LogP contribution in [0.4, 0.5) is 11.5 Å². The van der Waals surface area contributed by atoms with Crippen LogP contribution in [0.25, 0.3) is 0 Å². The lowest BCUT2D eigenvalue weighted by Crippen LogP contribution is -2.49. The highest BCUT2D eigenvalue weighted by molar-refractivity contribution is 5.91. The van der Waals surface area contributed by atoms with E-state index in [0.717, 1.165) is 36.6 Å². The van der Waals surface area contributed by atoms with Crippen molar-refractivity contribution in [3.63, 3.8) is 0 Å². The second-order valence-corrected chi connectivity index (χ2v) is 6.39. The molecule has 0 aromatic carbocycles. The highest BCUT2D eigenvalue weighted by Crippen LogP contribution is 2.24. The summed E-state index contributed by atoms with van der Waals surface area (Å²) < 4.78 is 2.61. The van der Waals surface area contributed by atoms with Crippen LogP contribution in [0.3, 0.4) is 0 Å². The van der Waals surface area contributed by atoms with Gasteiger partial charge in [-0.2, -0.15) is 0 Å². The average Bonchev–Trinajstić information content (AvgIpc) is 3.11. The van der Waals surface area contributed by atoms with Crippen molar-refractivity contribution in [2.24, 2.45) is 19.1 Å². The number of rotatable bonds is 1. The average molecular weight is 340 g/mol. The molecule has 25 heavy (non-hydrogen) atoms. The topological polar surface area (TPSA) is 75.7 Å². The maximum absolute atomic E-state index is 12.3. The molecule has 2 aliphatic rings. The molecule has 0 saturated carbocycles. The van der Waals surface area contributed by atoms with Crippen LogP contribution < -0.4 is 16.1 Å². The smallest absolute Gasteiger partial charge is 0.332 e. The first-order valence-electron chi connectivity index (χ1n) is 8.32. The Labute approximate surface area is 144 Å². The van der Waals surface area contributed by atoms with Crippen LogP contribution in [-0.2, 0) is 20.5 Å². The fraction of sp³-hybridized carbons (Fsp3) is 0.412. The molecule has 2 aromatic rings. The lowest BCUT2D eigenvalue weighted by atomic mass is 10.2. The van der Waals surface area contributed by atoms with Gasteiger partial charge in [-0.25, -0.2) is 9.79 Å². The highest BCUT2D eigenvalue weighted by atomic mass is 16.2. The van der Waals surface area contributed by atoms with E-state index >= 15 is 0 Å². The van der Waals surface area contributed by atoms with Crippen molar-refractivity contribution >= 4 is 17.3 Å². The monoisotopic (exact) mass is 340 g/mol. The van der Waals surface area contributed by atoms with Gasteiger partial charge in [0.15, 0.2) is 0 Å². The zero-order chi connectivity index (χ0) is 17.6. The van der Waals surface area contributed by atoms with Crippen molar-refractivity contribution < 1.29 is 0 Å². The summed E-state index contributed by atoms with van der Waals surface area (Å²) in [4.78, 5) is 37.6. The molecule has 0 aliphatic carbocycles. The predicted molar refractivity (Wildman–Crippen MR) is 95.7 cm³/mol. The van der Waals surface area contributed by atoms with Crippen molar-refractivity contribution in [1.82, 2.24) is 19.0 Å². The van der Waals surface area contributed by atoms with E-state index in [0.29, 0.717) is 17.8 Å². The molecule has 1 saturated heterocycles. The van der Waals surface area contributed by atoms with E-state index in [9.17, 15) is 9.59 Å². The normalized spacial score (nSPS) is 16.8. The molecule has 0 spiro atoms. The molecule has 2 aromatic heterocycles. The Morgan fingerprint density at radius 1 is 0.920 bits per heavy atom. The molecule has 0 N–H and O–H groups in total. The molecule has 0 bridgehead atoms. The Morgan fingerprint density at radius 2 is 1.56 bits per heavy atom. The van der Waals surface area contributed by atoms with E-state index in [4.69, 9.17) is 0 Å². The molecule has 0 amide bonds. The van der Waals surface area contributed by atoms with Crippen molar-refractivity contribution in [3.8, 4) is 0 Å². The van der Waals surface area contributed by atoms with Crippen molar-refractivity contribution in [1.29, 1.82) is 0 Å². The van der Waals surface area contributed by atoms with Crippen LogP contribution in [-0.4, -0.2) is 51.0 Å². The lowest BCUT2D eigenvalue weighted by molar-refractivity contribution is 0.382. The summed E-state index contributed by atoms with van der Waals surface area (Å²) in [5.41, 5.74) is 1.20. The summed E-state index contributed by atoms with van der Waals surface area (Å²) in [6.07, 6.45) is 4.09. The molecule has 8 heteroatoms. The van der Waals surface area contributed by atoms with Gasteiger partial charge in [-0.15, -0.1) is 0 Å². The maximum Gasteiger partial charge on any atom is 0.332 e. The standard InChI is InChI=1S/C17H20N6O2/c1-20-15-13(16(24)21(2)17(20)25)11-14(19-15)23-9-7-22(8-10-23)12-3-5-18-6-4-12/h3-6H,7-11H2,1-2H3. The highest BCUT2D eigenvalue weighted by Gasteiger charge is 2.28. The van der Waals surface area contributed by atoms with Gasteiger partial charge in [-0.1, -0.05) is 0 Å². The molecule has 2 aliphatic heterocycles. The molecule has 0 radical (unpaired) electrons. The van der Waals surface area contributed by atoms with Crippen LogP contribution in [0.15, 0.2) is 39.1 Å². The predicted octanol–water partition coefficient (Wildman–Crippen LogP) is -0.113. The minimum absolute atomic E-state index is 0.243. The molecule has 0 atom stereocenters. The fourth-order valence-corrected chi connectivity index (χ4v) is 3.48. The van der Waals surface area contributed by atoms with Gasteiger partial charge < -0.3 is 9.80 Å². The van der Waals surface area contributed by atoms with E-state index in [1.807, 2.05) is 12.1 Å². The first-order valence-corrected chi connectivity index (χ1v) is 8.32. The van der Waals surface area contributed by atoms with Gasteiger partial charge in [0, 0.05) is 64.8 Å². The largest absolute Gasteiger partial charge is 0.368 e. The number of anilines is 1. The Morgan fingerprint density at radius 3 is 2.24 bits per heavy atom. The third kappa shape index (κ3) is 2.54. The van der Waals surface area contributed by atoms with Crippen LogP contribution in [0.1, 0.15) is 5.56 Å². The second kappa shape index (κ2) is 5.87. The van der Waals surface area contributed by atoms with Gasteiger partial charge in [0.25, 0.3) is 5.56 Å². The van der Waals surface area contributed by atoms with Gasteiger partial charge in [0.2, 0.25) is 0 Å². The third-order valence-electron chi connectivity index (χ3n) is 4.97. The molecule has 0 unspecified atom stereocenters. The van der Waals surface area contributed by atoms with Crippen LogP contribution in [0.2, 0.25) is 0 Å². The number of hydrogen-bond acceptors (Lipinski definition) is 6. The van der Waals surface area contributed by atoms with E-state index in [-0.39, 0.29) is 11.2 Å². The van der Waals surface area contributed by atoms with Gasteiger partial charge in [-0.05, 0) is 12.1 Å². The minimum Gasteiger partial charge on any atom is -0.368 e.